The number of likely N-dealkylation sites (tertiary alicyclic amines) is 1. The van der Waals surface area contributed by atoms with E-state index in [0.29, 0.717) is 11.5 Å². The molecule has 4 heterocycles. The Labute approximate surface area is 235 Å². The zero-order valence-corrected chi connectivity index (χ0v) is 23.2. The molecule has 7 rings (SSSR count). The van der Waals surface area contributed by atoms with Crippen molar-refractivity contribution in [1.29, 1.82) is 0 Å². The number of carbonyl (C=O) groups excluding carboxylic acids is 1. The Morgan fingerprint density at radius 3 is 2.73 bits per heavy atom. The van der Waals surface area contributed by atoms with Gasteiger partial charge in [-0.15, -0.1) is 0 Å². The molecule has 40 heavy (non-hydrogen) atoms. The summed E-state index contributed by atoms with van der Waals surface area (Å²) in [5, 5.41) is 12.1. The van der Waals surface area contributed by atoms with Crippen molar-refractivity contribution in [2.45, 2.75) is 63.0 Å². The predicted molar refractivity (Wildman–Crippen MR) is 156 cm³/mol. The van der Waals surface area contributed by atoms with Gasteiger partial charge in [0.2, 0.25) is 0 Å². The first-order chi connectivity index (χ1) is 19.6. The van der Waals surface area contributed by atoms with Crippen LogP contribution in [0.5, 0.6) is 5.75 Å². The summed E-state index contributed by atoms with van der Waals surface area (Å²) in [5.41, 5.74) is 5.62. The van der Waals surface area contributed by atoms with Gasteiger partial charge in [-0.05, 0) is 106 Å². The number of rotatable bonds is 5. The van der Waals surface area contributed by atoms with E-state index in [-0.39, 0.29) is 17.6 Å². The third-order valence-electron chi connectivity index (χ3n) is 9.40. The van der Waals surface area contributed by atoms with Gasteiger partial charge in [0.05, 0.1) is 22.9 Å². The van der Waals surface area contributed by atoms with E-state index in [0.717, 1.165) is 85.2 Å². The Hall–Kier alpha value is -3.71. The molecule has 2 aliphatic heterocycles. The van der Waals surface area contributed by atoms with Gasteiger partial charge in [-0.2, -0.15) is 5.10 Å². The molecule has 1 saturated heterocycles. The maximum Gasteiger partial charge on any atom is 0.251 e. The lowest BCUT2D eigenvalue weighted by Gasteiger charge is -2.43. The molecule has 1 spiro atoms. The van der Waals surface area contributed by atoms with Crippen molar-refractivity contribution in [3.63, 3.8) is 0 Å². The van der Waals surface area contributed by atoms with Crippen molar-refractivity contribution in [3.05, 3.63) is 77.6 Å². The summed E-state index contributed by atoms with van der Waals surface area (Å²) in [6.07, 6.45) is 10.7. The second-order valence-electron chi connectivity index (χ2n) is 12.0. The largest absolute Gasteiger partial charge is 0.487 e. The average Bonchev–Trinajstić information content (AvgIpc) is 3.68. The number of hydrogen-bond acceptors (Lipinski definition) is 5. The molecule has 7 heteroatoms. The summed E-state index contributed by atoms with van der Waals surface area (Å²) in [4.78, 5) is 20.5. The van der Waals surface area contributed by atoms with Gasteiger partial charge in [-0.3, -0.25) is 14.9 Å². The minimum absolute atomic E-state index is 0.0199. The third kappa shape index (κ3) is 4.77. The fraction of sp³-hybridized carbons (Fsp3) is 0.424. The van der Waals surface area contributed by atoms with E-state index >= 15 is 0 Å². The average molecular weight is 536 g/mol. The molecule has 1 aliphatic carbocycles. The van der Waals surface area contributed by atoms with E-state index in [1.807, 2.05) is 42.6 Å². The Balaban J connectivity index is 1.14. The number of fused-ring (bicyclic) bond motifs is 2. The van der Waals surface area contributed by atoms with E-state index in [2.05, 4.69) is 50.6 Å². The van der Waals surface area contributed by atoms with Crippen molar-refractivity contribution in [2.75, 3.05) is 20.1 Å². The molecule has 1 amide bonds. The van der Waals surface area contributed by atoms with E-state index in [1.165, 1.54) is 18.4 Å². The van der Waals surface area contributed by atoms with Crippen LogP contribution in [-0.4, -0.2) is 51.7 Å². The third-order valence-corrected chi connectivity index (χ3v) is 9.40. The molecule has 206 valence electrons. The molecule has 0 unspecified atom stereocenters. The quantitative estimate of drug-likeness (QED) is 0.324. The number of aryl methyl sites for hydroxylation is 1. The molecular weight excluding hydrogens is 498 g/mol. The number of amides is 1. The molecule has 2 N–H and O–H groups in total. The highest BCUT2D eigenvalue weighted by atomic mass is 16.5. The fourth-order valence-corrected chi connectivity index (χ4v) is 6.93. The highest BCUT2D eigenvalue weighted by Gasteiger charge is 2.39. The maximum absolute atomic E-state index is 13.6. The molecule has 2 aromatic carbocycles. The molecule has 7 nitrogen and oxygen atoms in total. The minimum atomic E-state index is -0.0794. The number of nitrogens with one attached hydrogen (secondary N) is 2. The highest BCUT2D eigenvalue weighted by Crippen LogP contribution is 2.41. The Bertz CT molecular complexity index is 1520. The number of piperidine rings is 1. The van der Waals surface area contributed by atoms with Crippen LogP contribution in [0.25, 0.3) is 22.2 Å². The number of aromatic amines is 1. The number of pyridine rings is 1. The number of ether oxygens (including phenoxy) is 1. The summed E-state index contributed by atoms with van der Waals surface area (Å²) >= 11 is 0. The molecule has 2 aromatic heterocycles. The van der Waals surface area contributed by atoms with E-state index in [4.69, 9.17) is 4.74 Å². The van der Waals surface area contributed by atoms with Gasteiger partial charge in [-0.25, -0.2) is 0 Å². The van der Waals surface area contributed by atoms with Crippen LogP contribution in [0.2, 0.25) is 0 Å². The normalized spacial score (nSPS) is 19.8. The summed E-state index contributed by atoms with van der Waals surface area (Å²) in [6.45, 7) is 2.18. The van der Waals surface area contributed by atoms with Crippen LogP contribution in [0.4, 0.5) is 0 Å². The number of hydrogen-bond donors (Lipinski definition) is 2. The van der Waals surface area contributed by atoms with Crippen LogP contribution in [-0.2, 0) is 6.42 Å². The Kier molecular flexibility index (Phi) is 6.54. The molecule has 0 radical (unpaired) electrons. The van der Waals surface area contributed by atoms with Crippen molar-refractivity contribution in [3.8, 4) is 17.0 Å². The second kappa shape index (κ2) is 10.4. The Morgan fingerprint density at radius 1 is 1.07 bits per heavy atom. The lowest BCUT2D eigenvalue weighted by Crippen LogP contribution is -2.48. The van der Waals surface area contributed by atoms with Gasteiger partial charge in [-0.1, -0.05) is 18.9 Å². The van der Waals surface area contributed by atoms with E-state index in [1.54, 1.807) is 0 Å². The zero-order valence-electron chi connectivity index (χ0n) is 23.2. The van der Waals surface area contributed by atoms with Crippen LogP contribution in [0.1, 0.15) is 72.6 Å². The summed E-state index contributed by atoms with van der Waals surface area (Å²) in [7, 11) is 2.19. The van der Waals surface area contributed by atoms with Gasteiger partial charge in [0.15, 0.2) is 0 Å². The first kappa shape index (κ1) is 25.3. The number of aromatic nitrogens is 3. The predicted octanol–water partition coefficient (Wildman–Crippen LogP) is 6.08. The number of H-pyrrole nitrogens is 1. The molecule has 3 aliphatic rings. The standard InChI is InChI=1S/C33H37N5O2/c1-38-18-15-33(16-19-38)14-13-23-20-24(10-12-29(23)40-33)30-26-21-25(9-11-27(26)36-37-30)32(39)35-31(22-6-2-3-7-22)28-8-4-5-17-34-28/h4-5,8-12,17,20-22,31H,2-3,6-7,13-16,18-19H2,1H3,(H,35,39)(H,36,37)/t31-/m0/s1. The van der Waals surface area contributed by atoms with Crippen molar-refractivity contribution in [2.24, 2.45) is 5.92 Å². The monoisotopic (exact) mass is 535 g/mol. The van der Waals surface area contributed by atoms with Crippen LogP contribution in [0.3, 0.4) is 0 Å². The number of carbonyl (C=O) groups is 1. The van der Waals surface area contributed by atoms with Gasteiger partial charge in [0.1, 0.15) is 11.4 Å². The van der Waals surface area contributed by atoms with E-state index < -0.39 is 0 Å². The summed E-state index contributed by atoms with van der Waals surface area (Å²) in [6, 6.07) is 18.1. The number of benzene rings is 2. The maximum atomic E-state index is 13.6. The van der Waals surface area contributed by atoms with Gasteiger partial charge < -0.3 is 15.0 Å². The molecule has 1 saturated carbocycles. The Morgan fingerprint density at radius 2 is 1.93 bits per heavy atom. The lowest BCUT2D eigenvalue weighted by atomic mass is 9.83. The minimum Gasteiger partial charge on any atom is -0.487 e. The second-order valence-corrected chi connectivity index (χ2v) is 12.0. The van der Waals surface area contributed by atoms with E-state index in [9.17, 15) is 4.79 Å². The first-order valence-corrected chi connectivity index (χ1v) is 14.8. The van der Waals surface area contributed by atoms with Crippen molar-refractivity contribution < 1.29 is 9.53 Å². The number of nitrogens with zero attached hydrogens (tertiary/aromatic N) is 3. The van der Waals surface area contributed by atoms with Gasteiger partial charge in [0, 0.05) is 35.8 Å². The van der Waals surface area contributed by atoms with Crippen LogP contribution < -0.4 is 10.1 Å². The molecule has 2 fully saturated rings. The van der Waals surface area contributed by atoms with Crippen LogP contribution in [0, 0.1) is 5.92 Å². The zero-order chi connectivity index (χ0) is 27.1. The summed E-state index contributed by atoms with van der Waals surface area (Å²) < 4.78 is 6.62. The fourth-order valence-electron chi connectivity index (χ4n) is 6.93. The molecule has 4 aromatic rings. The topological polar surface area (TPSA) is 83.1 Å². The van der Waals surface area contributed by atoms with Gasteiger partial charge in [0.25, 0.3) is 5.91 Å². The van der Waals surface area contributed by atoms with Crippen LogP contribution >= 0.6 is 0 Å². The van der Waals surface area contributed by atoms with Crippen molar-refractivity contribution >= 4 is 16.8 Å². The molecule has 1 atom stereocenters. The summed E-state index contributed by atoms with van der Waals surface area (Å²) in [5.74, 6) is 1.35. The first-order valence-electron chi connectivity index (χ1n) is 14.8. The van der Waals surface area contributed by atoms with Crippen molar-refractivity contribution in [1.82, 2.24) is 25.4 Å². The van der Waals surface area contributed by atoms with Gasteiger partial charge >= 0.3 is 0 Å². The van der Waals surface area contributed by atoms with Crippen LogP contribution in [0.15, 0.2) is 60.8 Å². The lowest BCUT2D eigenvalue weighted by molar-refractivity contribution is -0.00874. The molecule has 0 bridgehead atoms. The smallest absolute Gasteiger partial charge is 0.251 e. The molecular formula is C33H37N5O2. The SMILES string of the molecule is CN1CCC2(CCc3cc(-c4n[nH]c5ccc(C(=O)N[C@H](c6ccccn6)C6CCCC6)cc45)ccc3O2)CC1. The highest BCUT2D eigenvalue weighted by molar-refractivity contribution is 6.01.